The predicted octanol–water partition coefficient (Wildman–Crippen LogP) is 5.34. The normalized spacial score (nSPS) is 19.2. The van der Waals surface area contributed by atoms with Gasteiger partial charge in [0.2, 0.25) is 5.91 Å². The van der Waals surface area contributed by atoms with Gasteiger partial charge in [-0.15, -0.1) is 24.8 Å². The second kappa shape index (κ2) is 8.81. The van der Waals surface area contributed by atoms with Crippen LogP contribution in [0.2, 0.25) is 5.02 Å². The SMILES string of the molecule is COc1ccc(Cl)c(OC)c1[C@@H]1CC(Cl)C(=O)N1Cc1ccc(OC(F)(F)F)cc1. The van der Waals surface area contributed by atoms with Crippen LogP contribution in [0.4, 0.5) is 13.2 Å². The number of nitrogens with zero attached hydrogens (tertiary/aromatic N) is 1. The Morgan fingerprint density at radius 3 is 2.33 bits per heavy atom. The summed E-state index contributed by atoms with van der Waals surface area (Å²) in [7, 11) is 2.95. The highest BCUT2D eigenvalue weighted by molar-refractivity contribution is 6.32. The Balaban J connectivity index is 1.92. The van der Waals surface area contributed by atoms with E-state index >= 15 is 0 Å². The number of amides is 1. The molecule has 1 heterocycles. The van der Waals surface area contributed by atoms with Gasteiger partial charge in [-0.1, -0.05) is 23.7 Å². The highest BCUT2D eigenvalue weighted by Crippen LogP contribution is 2.47. The van der Waals surface area contributed by atoms with Crippen molar-refractivity contribution < 1.29 is 32.2 Å². The van der Waals surface area contributed by atoms with Gasteiger partial charge < -0.3 is 19.1 Å². The number of carbonyl (C=O) groups excluding carboxylic acids is 1. The smallest absolute Gasteiger partial charge is 0.496 e. The lowest BCUT2D eigenvalue weighted by atomic mass is 10.0. The molecule has 1 aliphatic heterocycles. The quantitative estimate of drug-likeness (QED) is 0.542. The fourth-order valence-electron chi connectivity index (χ4n) is 3.47. The Morgan fingerprint density at radius 2 is 1.77 bits per heavy atom. The molecule has 1 amide bonds. The molecule has 1 saturated heterocycles. The van der Waals surface area contributed by atoms with Crippen molar-refractivity contribution in [1.82, 2.24) is 4.90 Å². The first-order valence-electron chi connectivity index (χ1n) is 8.84. The minimum absolute atomic E-state index is 0.123. The number of ether oxygens (including phenoxy) is 3. The molecule has 0 radical (unpaired) electrons. The monoisotopic (exact) mass is 463 g/mol. The highest BCUT2D eigenvalue weighted by Gasteiger charge is 2.42. The van der Waals surface area contributed by atoms with Crippen LogP contribution < -0.4 is 14.2 Å². The number of halogens is 5. The zero-order chi connectivity index (χ0) is 22.1. The van der Waals surface area contributed by atoms with Gasteiger partial charge in [-0.3, -0.25) is 4.79 Å². The van der Waals surface area contributed by atoms with E-state index in [0.717, 1.165) is 0 Å². The standard InChI is InChI=1S/C20H18Cl2F3NO4/c1-28-16-8-7-13(21)18(29-2)17(16)15-9-14(22)19(27)26(15)10-11-3-5-12(6-4-11)30-20(23,24)25/h3-8,14-15H,9-10H2,1-2H3/t14?,15-/m0/s1. The molecule has 0 bridgehead atoms. The molecule has 10 heteroatoms. The van der Waals surface area contributed by atoms with Gasteiger partial charge in [0.15, 0.2) is 0 Å². The first-order chi connectivity index (χ1) is 14.1. The van der Waals surface area contributed by atoms with Gasteiger partial charge in [0.1, 0.15) is 22.6 Å². The second-order valence-electron chi connectivity index (χ2n) is 6.57. The van der Waals surface area contributed by atoms with Crippen molar-refractivity contribution in [2.45, 2.75) is 30.7 Å². The van der Waals surface area contributed by atoms with E-state index in [4.69, 9.17) is 32.7 Å². The Bertz CT molecular complexity index is 922. The van der Waals surface area contributed by atoms with Crippen LogP contribution in [0.25, 0.3) is 0 Å². The molecular formula is C20H18Cl2F3NO4. The van der Waals surface area contributed by atoms with Crippen LogP contribution in [-0.2, 0) is 11.3 Å². The second-order valence-corrected chi connectivity index (χ2v) is 7.51. The van der Waals surface area contributed by atoms with Crippen LogP contribution in [0.15, 0.2) is 36.4 Å². The minimum Gasteiger partial charge on any atom is -0.496 e. The van der Waals surface area contributed by atoms with Gasteiger partial charge >= 0.3 is 6.36 Å². The zero-order valence-corrected chi connectivity index (χ0v) is 17.5. The van der Waals surface area contributed by atoms with E-state index in [1.54, 1.807) is 12.1 Å². The maximum Gasteiger partial charge on any atom is 0.573 e. The number of likely N-dealkylation sites (tertiary alicyclic amines) is 1. The summed E-state index contributed by atoms with van der Waals surface area (Å²) in [4.78, 5) is 14.3. The first-order valence-corrected chi connectivity index (χ1v) is 9.65. The third-order valence-electron chi connectivity index (χ3n) is 4.73. The molecule has 1 unspecified atom stereocenters. The molecule has 0 saturated carbocycles. The largest absolute Gasteiger partial charge is 0.573 e. The molecule has 162 valence electrons. The number of benzene rings is 2. The van der Waals surface area contributed by atoms with E-state index in [2.05, 4.69) is 4.74 Å². The average molecular weight is 464 g/mol. The molecule has 2 aromatic carbocycles. The number of methoxy groups -OCH3 is 2. The van der Waals surface area contributed by atoms with Gasteiger partial charge in [-0.25, -0.2) is 0 Å². The summed E-state index contributed by atoms with van der Waals surface area (Å²) in [6.07, 6.45) is -4.48. The minimum atomic E-state index is -4.77. The number of alkyl halides is 4. The Labute approximate surface area is 181 Å². The topological polar surface area (TPSA) is 48.0 Å². The zero-order valence-electron chi connectivity index (χ0n) is 16.0. The lowest BCUT2D eigenvalue weighted by molar-refractivity contribution is -0.274. The highest BCUT2D eigenvalue weighted by atomic mass is 35.5. The molecule has 30 heavy (non-hydrogen) atoms. The summed E-state index contributed by atoms with van der Waals surface area (Å²) < 4.78 is 51.8. The third kappa shape index (κ3) is 4.70. The molecule has 1 aliphatic rings. The third-order valence-corrected chi connectivity index (χ3v) is 5.40. The number of rotatable bonds is 6. The van der Waals surface area contributed by atoms with Crippen molar-refractivity contribution in [2.75, 3.05) is 14.2 Å². The van der Waals surface area contributed by atoms with E-state index in [9.17, 15) is 18.0 Å². The lowest BCUT2D eigenvalue weighted by Gasteiger charge is -2.28. The fraction of sp³-hybridized carbons (Fsp3) is 0.350. The van der Waals surface area contributed by atoms with Crippen molar-refractivity contribution in [2.24, 2.45) is 0 Å². The van der Waals surface area contributed by atoms with E-state index in [-0.39, 0.29) is 18.2 Å². The van der Waals surface area contributed by atoms with Crippen LogP contribution in [0.3, 0.4) is 0 Å². The lowest BCUT2D eigenvalue weighted by Crippen LogP contribution is -2.29. The molecule has 0 spiro atoms. The van der Waals surface area contributed by atoms with Gasteiger partial charge in [0.05, 0.1) is 30.8 Å². The van der Waals surface area contributed by atoms with Crippen molar-refractivity contribution in [3.63, 3.8) is 0 Å². The van der Waals surface area contributed by atoms with Crippen LogP contribution in [-0.4, -0.2) is 36.8 Å². The van der Waals surface area contributed by atoms with Gasteiger partial charge in [-0.05, 0) is 36.2 Å². The van der Waals surface area contributed by atoms with Crippen molar-refractivity contribution >= 4 is 29.1 Å². The predicted molar refractivity (Wildman–Crippen MR) is 105 cm³/mol. The summed E-state index contributed by atoms with van der Waals surface area (Å²) in [5, 5.41) is -0.413. The van der Waals surface area contributed by atoms with Gasteiger partial charge in [0, 0.05) is 6.54 Å². The molecule has 0 aliphatic carbocycles. The molecule has 2 atom stereocenters. The maximum atomic E-state index is 12.7. The van der Waals surface area contributed by atoms with E-state index in [0.29, 0.717) is 34.1 Å². The summed E-state index contributed by atoms with van der Waals surface area (Å²) in [6.45, 7) is 0.123. The van der Waals surface area contributed by atoms with Gasteiger partial charge in [-0.2, -0.15) is 0 Å². The summed E-state index contributed by atoms with van der Waals surface area (Å²) in [6, 6.07) is 8.11. The number of hydrogen-bond acceptors (Lipinski definition) is 4. The Morgan fingerprint density at radius 1 is 1.10 bits per heavy atom. The van der Waals surface area contributed by atoms with Crippen LogP contribution in [0, 0.1) is 0 Å². The van der Waals surface area contributed by atoms with Crippen LogP contribution in [0.1, 0.15) is 23.6 Å². The van der Waals surface area contributed by atoms with Gasteiger partial charge in [0.25, 0.3) is 0 Å². The molecule has 1 fully saturated rings. The number of carbonyl (C=O) groups is 1. The summed E-state index contributed by atoms with van der Waals surface area (Å²) in [5.74, 6) is 0.211. The molecule has 3 rings (SSSR count). The summed E-state index contributed by atoms with van der Waals surface area (Å²) in [5.41, 5.74) is 1.19. The van der Waals surface area contributed by atoms with E-state index in [1.165, 1.54) is 43.4 Å². The Kier molecular flexibility index (Phi) is 6.57. The molecule has 0 aromatic heterocycles. The van der Waals surface area contributed by atoms with E-state index in [1.807, 2.05) is 0 Å². The van der Waals surface area contributed by atoms with Crippen LogP contribution >= 0.6 is 23.2 Å². The molecule has 0 N–H and O–H groups in total. The van der Waals surface area contributed by atoms with Crippen molar-refractivity contribution in [3.8, 4) is 17.2 Å². The average Bonchev–Trinajstić information content (AvgIpc) is 2.96. The number of hydrogen-bond donors (Lipinski definition) is 0. The Hall–Kier alpha value is -2.32. The van der Waals surface area contributed by atoms with Crippen LogP contribution in [0.5, 0.6) is 17.2 Å². The van der Waals surface area contributed by atoms with E-state index < -0.39 is 17.8 Å². The maximum absolute atomic E-state index is 12.7. The summed E-state index contributed by atoms with van der Waals surface area (Å²) >= 11 is 12.5. The molecular weight excluding hydrogens is 446 g/mol. The fourth-order valence-corrected chi connectivity index (χ4v) is 4.00. The first kappa shape index (κ1) is 22.4. The molecule has 2 aromatic rings. The van der Waals surface area contributed by atoms with Crippen molar-refractivity contribution in [3.05, 3.63) is 52.5 Å². The molecule has 5 nitrogen and oxygen atoms in total. The van der Waals surface area contributed by atoms with Crippen molar-refractivity contribution in [1.29, 1.82) is 0 Å².